The molecule has 0 amide bonds. The number of rotatable bonds is 3. The summed E-state index contributed by atoms with van der Waals surface area (Å²) < 4.78 is 5.76. The van der Waals surface area contributed by atoms with Gasteiger partial charge in [0, 0.05) is 17.0 Å². The first-order valence-electron chi connectivity index (χ1n) is 7.21. The number of fused-ring (bicyclic) bond motifs is 1. The number of hydrogen-bond acceptors (Lipinski definition) is 2. The number of para-hydroxylation sites is 1. The van der Waals surface area contributed by atoms with Crippen molar-refractivity contribution >= 4 is 0 Å². The summed E-state index contributed by atoms with van der Waals surface area (Å²) in [5, 5.41) is 0. The number of nitrogens with two attached hydrogens (primary N) is 1. The van der Waals surface area contributed by atoms with Crippen LogP contribution in [0, 0.1) is 5.92 Å². The molecule has 3 unspecified atom stereocenters. The van der Waals surface area contributed by atoms with Crippen LogP contribution in [0.3, 0.4) is 0 Å². The Kier molecular flexibility index (Phi) is 3.06. The molecule has 1 fully saturated rings. The molecule has 0 saturated heterocycles. The summed E-state index contributed by atoms with van der Waals surface area (Å²) in [7, 11) is 0. The molecule has 98 valence electrons. The van der Waals surface area contributed by atoms with Gasteiger partial charge >= 0.3 is 0 Å². The van der Waals surface area contributed by atoms with Crippen LogP contribution in [0.1, 0.15) is 50.5 Å². The van der Waals surface area contributed by atoms with Crippen LogP contribution in [0.5, 0.6) is 5.75 Å². The van der Waals surface area contributed by atoms with Crippen molar-refractivity contribution in [1.82, 2.24) is 0 Å². The zero-order chi connectivity index (χ0) is 12.6. The highest BCUT2D eigenvalue weighted by molar-refractivity contribution is 5.39. The van der Waals surface area contributed by atoms with Crippen LogP contribution in [-0.4, -0.2) is 12.1 Å². The van der Waals surface area contributed by atoms with Crippen molar-refractivity contribution in [2.45, 2.75) is 50.5 Å². The molecule has 1 aliphatic heterocycles. The van der Waals surface area contributed by atoms with Gasteiger partial charge in [0.05, 0.1) is 6.61 Å². The zero-order valence-corrected chi connectivity index (χ0v) is 11.2. The second-order valence-electron chi connectivity index (χ2n) is 6.13. The molecule has 18 heavy (non-hydrogen) atoms. The highest BCUT2D eigenvalue weighted by atomic mass is 16.5. The van der Waals surface area contributed by atoms with Gasteiger partial charge < -0.3 is 10.5 Å². The first kappa shape index (κ1) is 12.0. The molecular weight excluding hydrogens is 222 g/mol. The van der Waals surface area contributed by atoms with Crippen molar-refractivity contribution in [3.05, 3.63) is 29.8 Å². The van der Waals surface area contributed by atoms with E-state index in [9.17, 15) is 0 Å². The van der Waals surface area contributed by atoms with E-state index in [0.717, 1.165) is 24.7 Å². The Balaban J connectivity index is 1.71. The van der Waals surface area contributed by atoms with E-state index in [-0.39, 0.29) is 5.54 Å². The van der Waals surface area contributed by atoms with Crippen LogP contribution >= 0.6 is 0 Å². The smallest absolute Gasteiger partial charge is 0.122 e. The summed E-state index contributed by atoms with van der Waals surface area (Å²) >= 11 is 0. The van der Waals surface area contributed by atoms with Crippen molar-refractivity contribution in [1.29, 1.82) is 0 Å². The fourth-order valence-corrected chi connectivity index (χ4v) is 3.69. The van der Waals surface area contributed by atoms with Gasteiger partial charge in [-0.25, -0.2) is 0 Å². The molecule has 1 aliphatic carbocycles. The van der Waals surface area contributed by atoms with Gasteiger partial charge in [0.15, 0.2) is 0 Å². The molecule has 0 aromatic heterocycles. The summed E-state index contributed by atoms with van der Waals surface area (Å²) in [5.41, 5.74) is 8.02. The van der Waals surface area contributed by atoms with E-state index in [1.54, 1.807) is 0 Å². The van der Waals surface area contributed by atoms with E-state index < -0.39 is 0 Å². The highest BCUT2D eigenvalue weighted by Crippen LogP contribution is 2.44. The van der Waals surface area contributed by atoms with E-state index >= 15 is 0 Å². The Hall–Kier alpha value is -1.02. The Morgan fingerprint density at radius 2 is 2.22 bits per heavy atom. The molecule has 2 heteroatoms. The summed E-state index contributed by atoms with van der Waals surface area (Å²) in [6.45, 7) is 3.10. The number of ether oxygens (including phenoxy) is 1. The van der Waals surface area contributed by atoms with Crippen molar-refractivity contribution in [2.24, 2.45) is 11.7 Å². The van der Waals surface area contributed by atoms with E-state index in [1.165, 1.54) is 31.2 Å². The predicted molar refractivity (Wildman–Crippen MR) is 73.8 cm³/mol. The van der Waals surface area contributed by atoms with Gasteiger partial charge in [0.25, 0.3) is 0 Å². The average molecular weight is 245 g/mol. The third-order valence-electron chi connectivity index (χ3n) is 4.77. The quantitative estimate of drug-likeness (QED) is 0.885. The van der Waals surface area contributed by atoms with Crippen LogP contribution in [-0.2, 0) is 0 Å². The van der Waals surface area contributed by atoms with Gasteiger partial charge in [0.1, 0.15) is 5.75 Å². The molecule has 0 radical (unpaired) electrons. The second-order valence-corrected chi connectivity index (χ2v) is 6.13. The third-order valence-corrected chi connectivity index (χ3v) is 4.77. The number of benzene rings is 1. The molecule has 2 aliphatic rings. The van der Waals surface area contributed by atoms with Gasteiger partial charge in [-0.05, 0) is 37.7 Å². The molecule has 1 aromatic carbocycles. The Labute approximate surface area is 110 Å². The second kappa shape index (κ2) is 4.58. The van der Waals surface area contributed by atoms with Gasteiger partial charge in [-0.3, -0.25) is 0 Å². The fourth-order valence-electron chi connectivity index (χ4n) is 3.69. The molecule has 0 spiro atoms. The normalized spacial score (nSPS) is 34.3. The minimum Gasteiger partial charge on any atom is -0.493 e. The lowest BCUT2D eigenvalue weighted by Crippen LogP contribution is -2.38. The summed E-state index contributed by atoms with van der Waals surface area (Å²) in [5.74, 6) is 2.41. The molecule has 2 nitrogen and oxygen atoms in total. The van der Waals surface area contributed by atoms with Crippen LogP contribution in [0.15, 0.2) is 24.3 Å². The lowest BCUT2D eigenvalue weighted by Gasteiger charge is -2.27. The molecule has 0 bridgehead atoms. The number of hydrogen-bond donors (Lipinski definition) is 1. The molecule has 3 atom stereocenters. The summed E-state index contributed by atoms with van der Waals surface area (Å²) in [6, 6.07) is 8.42. The maximum atomic E-state index is 6.61. The topological polar surface area (TPSA) is 35.2 Å². The van der Waals surface area contributed by atoms with Crippen molar-refractivity contribution in [3.8, 4) is 5.75 Å². The molecular formula is C16H23NO. The van der Waals surface area contributed by atoms with Crippen LogP contribution < -0.4 is 10.5 Å². The SMILES string of the molecule is CCC1CCC(N)(CC2COc3ccccc32)C1. The van der Waals surface area contributed by atoms with Crippen molar-refractivity contribution in [3.63, 3.8) is 0 Å². The van der Waals surface area contributed by atoms with Gasteiger partial charge in [-0.1, -0.05) is 31.5 Å². The average Bonchev–Trinajstić information content (AvgIpc) is 2.95. The molecule has 2 N–H and O–H groups in total. The van der Waals surface area contributed by atoms with Crippen LogP contribution in [0.2, 0.25) is 0 Å². The first-order valence-corrected chi connectivity index (χ1v) is 7.21. The molecule has 1 saturated carbocycles. The van der Waals surface area contributed by atoms with Crippen molar-refractivity contribution in [2.75, 3.05) is 6.61 Å². The largest absolute Gasteiger partial charge is 0.493 e. The Morgan fingerprint density at radius 1 is 1.39 bits per heavy atom. The minimum absolute atomic E-state index is 0.0478. The lowest BCUT2D eigenvalue weighted by atomic mass is 9.83. The van der Waals surface area contributed by atoms with Crippen LogP contribution in [0.25, 0.3) is 0 Å². The maximum absolute atomic E-state index is 6.61. The summed E-state index contributed by atoms with van der Waals surface area (Å²) in [6.07, 6.45) is 6.05. The molecule has 1 heterocycles. The maximum Gasteiger partial charge on any atom is 0.122 e. The zero-order valence-electron chi connectivity index (χ0n) is 11.2. The third kappa shape index (κ3) is 2.14. The Morgan fingerprint density at radius 3 is 3.00 bits per heavy atom. The van der Waals surface area contributed by atoms with Gasteiger partial charge in [0.2, 0.25) is 0 Å². The fraction of sp³-hybridized carbons (Fsp3) is 0.625. The Bertz CT molecular complexity index is 431. The first-order chi connectivity index (χ1) is 8.70. The van der Waals surface area contributed by atoms with Crippen molar-refractivity contribution < 1.29 is 4.74 Å². The minimum atomic E-state index is 0.0478. The van der Waals surface area contributed by atoms with E-state index in [4.69, 9.17) is 10.5 Å². The van der Waals surface area contributed by atoms with Gasteiger partial charge in [-0.15, -0.1) is 0 Å². The standard InChI is InChI=1S/C16H23NO/c1-2-12-7-8-16(17,9-12)10-13-11-18-15-6-4-3-5-14(13)15/h3-6,12-13H,2,7-11,17H2,1H3. The monoisotopic (exact) mass is 245 g/mol. The van der Waals surface area contributed by atoms with E-state index in [2.05, 4.69) is 25.1 Å². The molecule has 3 rings (SSSR count). The van der Waals surface area contributed by atoms with E-state index in [1.807, 2.05) is 6.07 Å². The highest BCUT2D eigenvalue weighted by Gasteiger charge is 2.38. The van der Waals surface area contributed by atoms with Gasteiger partial charge in [-0.2, -0.15) is 0 Å². The summed E-state index contributed by atoms with van der Waals surface area (Å²) in [4.78, 5) is 0. The van der Waals surface area contributed by atoms with Crippen LogP contribution in [0.4, 0.5) is 0 Å². The lowest BCUT2D eigenvalue weighted by molar-refractivity contribution is 0.285. The van der Waals surface area contributed by atoms with E-state index in [0.29, 0.717) is 5.92 Å². The molecule has 1 aromatic rings. The predicted octanol–water partition coefficient (Wildman–Crippen LogP) is 3.46.